The molecule has 2 fully saturated rings. The third-order valence-electron chi connectivity index (χ3n) is 10.4. The first-order valence-electron chi connectivity index (χ1n) is 18.8. The van der Waals surface area contributed by atoms with Gasteiger partial charge in [0, 0.05) is 56.5 Å². The number of ether oxygens (including phenoxy) is 1. The smallest absolute Gasteiger partial charge is 0.410 e. The normalized spacial score (nSPS) is 15.7. The average molecular weight is 764 g/mol. The molecule has 1 aliphatic heterocycles. The van der Waals surface area contributed by atoms with Crippen LogP contribution >= 0.6 is 0 Å². The number of amides is 4. The molecule has 16 heteroatoms. The zero-order valence-corrected chi connectivity index (χ0v) is 31.5. The summed E-state index contributed by atoms with van der Waals surface area (Å²) in [6.07, 6.45) is 4.13. The molecule has 4 amide bonds. The highest BCUT2D eigenvalue weighted by Gasteiger charge is 2.48. The van der Waals surface area contributed by atoms with E-state index in [1.807, 2.05) is 0 Å². The third kappa shape index (κ3) is 9.24. The van der Waals surface area contributed by atoms with Gasteiger partial charge in [-0.25, -0.2) is 14.0 Å². The Morgan fingerprint density at radius 3 is 2.29 bits per heavy atom. The molecular formula is C39H50FN7O8. The van der Waals surface area contributed by atoms with Crippen LogP contribution in [0, 0.1) is 11.2 Å². The fraction of sp³-hybridized carbons (Fsp3) is 0.487. The Morgan fingerprint density at radius 1 is 0.982 bits per heavy atom. The summed E-state index contributed by atoms with van der Waals surface area (Å²) >= 11 is 0. The summed E-state index contributed by atoms with van der Waals surface area (Å²) in [4.78, 5) is 80.4. The van der Waals surface area contributed by atoms with Crippen molar-refractivity contribution < 1.29 is 38.2 Å². The van der Waals surface area contributed by atoms with Crippen LogP contribution in [0.15, 0.2) is 47.4 Å². The zero-order valence-electron chi connectivity index (χ0n) is 31.5. The highest BCUT2D eigenvalue weighted by atomic mass is 19.1. The molecule has 2 aliphatic rings. The van der Waals surface area contributed by atoms with Gasteiger partial charge in [0.2, 0.25) is 23.2 Å². The zero-order chi connectivity index (χ0) is 39.7. The van der Waals surface area contributed by atoms with Gasteiger partial charge in [-0.1, -0.05) is 25.0 Å². The second-order valence-corrected chi connectivity index (χ2v) is 13.9. The average Bonchev–Trinajstić information content (AvgIpc) is 3.69. The molecule has 296 valence electrons. The Balaban J connectivity index is 1.15. The molecular weight excluding hydrogens is 713 g/mol. The number of carbonyl (C=O) groups excluding carboxylic acids is 4. The van der Waals surface area contributed by atoms with Crippen molar-refractivity contribution in [2.75, 3.05) is 56.5 Å². The van der Waals surface area contributed by atoms with E-state index in [0.717, 1.165) is 18.9 Å². The van der Waals surface area contributed by atoms with Crippen LogP contribution in [0.4, 0.5) is 20.6 Å². The van der Waals surface area contributed by atoms with Crippen molar-refractivity contribution in [3.63, 3.8) is 0 Å². The molecule has 1 aromatic heterocycles. The molecule has 15 nitrogen and oxygen atoms in total. The topological polar surface area (TPSA) is 191 Å². The number of carboxylic acid groups (broad SMARTS) is 1. The van der Waals surface area contributed by atoms with E-state index in [-0.39, 0.29) is 36.7 Å². The SMILES string of the molecule is CCNC(=O)C1(C(=O)NC(CCCNC)C(=O)Nc2ccc(COC(=O)N3CCN(c4cc5c(cc4F)c(=O)c(C(=O)O)cn5CC)CC3)cc2)CCCC1. The van der Waals surface area contributed by atoms with Gasteiger partial charge in [0.25, 0.3) is 0 Å². The Kier molecular flexibility index (Phi) is 13.5. The number of aryl methyl sites for hydroxylation is 1. The molecule has 5 rings (SSSR count). The van der Waals surface area contributed by atoms with Crippen LogP contribution < -0.4 is 31.6 Å². The lowest BCUT2D eigenvalue weighted by Gasteiger charge is -2.35. The Labute approximate surface area is 318 Å². The largest absolute Gasteiger partial charge is 0.477 e. The molecule has 1 atom stereocenters. The van der Waals surface area contributed by atoms with Gasteiger partial charge in [0.15, 0.2) is 0 Å². The number of halogens is 1. The molecule has 3 aromatic rings. The van der Waals surface area contributed by atoms with Crippen molar-refractivity contribution in [3.05, 3.63) is 69.8 Å². The molecule has 5 N–H and O–H groups in total. The van der Waals surface area contributed by atoms with Crippen molar-refractivity contribution in [2.24, 2.45) is 5.41 Å². The number of rotatable bonds is 15. The van der Waals surface area contributed by atoms with E-state index < -0.39 is 52.1 Å². The first-order valence-corrected chi connectivity index (χ1v) is 18.8. The first-order chi connectivity index (χ1) is 26.4. The minimum Gasteiger partial charge on any atom is -0.477 e. The molecule has 1 saturated heterocycles. The van der Waals surface area contributed by atoms with Gasteiger partial charge in [0.05, 0.1) is 11.2 Å². The van der Waals surface area contributed by atoms with Crippen LogP contribution in [0.2, 0.25) is 0 Å². The number of benzene rings is 2. The van der Waals surface area contributed by atoms with Gasteiger partial charge in [-0.3, -0.25) is 19.2 Å². The number of hydrogen-bond donors (Lipinski definition) is 5. The number of anilines is 2. The minimum atomic E-state index is -1.38. The van der Waals surface area contributed by atoms with Crippen LogP contribution in [-0.2, 0) is 32.3 Å². The molecule has 2 heterocycles. The number of aromatic carboxylic acids is 1. The summed E-state index contributed by atoms with van der Waals surface area (Å²) in [5.41, 5.74) is -0.515. The van der Waals surface area contributed by atoms with Crippen LogP contribution in [-0.4, -0.2) is 96.7 Å². The van der Waals surface area contributed by atoms with E-state index in [1.54, 1.807) is 60.7 Å². The number of nitrogens with zero attached hydrogens (tertiary/aromatic N) is 3. The van der Waals surface area contributed by atoms with Crippen molar-refractivity contribution in [2.45, 2.75) is 71.6 Å². The summed E-state index contributed by atoms with van der Waals surface area (Å²) in [5.74, 6) is -3.17. The maximum Gasteiger partial charge on any atom is 0.410 e. The quantitative estimate of drug-likeness (QED) is 0.113. The Hall–Kier alpha value is -5.51. The van der Waals surface area contributed by atoms with Crippen molar-refractivity contribution in [3.8, 4) is 0 Å². The van der Waals surface area contributed by atoms with Gasteiger partial charge in [-0.05, 0) is 83.0 Å². The van der Waals surface area contributed by atoms with Gasteiger partial charge in [-0.2, -0.15) is 0 Å². The lowest BCUT2D eigenvalue weighted by atomic mass is 9.83. The van der Waals surface area contributed by atoms with E-state index >= 15 is 4.39 Å². The standard InChI is InChI=1S/C39H50FN7O8/c1-4-42-36(52)39(14-6-7-15-39)37(53)44-30(9-8-16-41-3)34(49)43-26-12-10-25(11-13-26)24-55-38(54)47-19-17-46(18-20-47)32-22-31-27(21-29(32)40)33(48)28(35(50)51)23-45(31)5-2/h10-13,21-23,30,41H,4-9,14-20,24H2,1-3H3,(H,42,52)(H,43,49)(H,44,53)(H,50,51). The van der Waals surface area contributed by atoms with E-state index in [0.29, 0.717) is 75.2 Å². The molecule has 0 bridgehead atoms. The third-order valence-corrected chi connectivity index (χ3v) is 10.4. The molecule has 1 saturated carbocycles. The Bertz CT molecular complexity index is 1950. The van der Waals surface area contributed by atoms with E-state index in [1.165, 1.54) is 11.1 Å². The summed E-state index contributed by atoms with van der Waals surface area (Å²) < 4.78 is 22.4. The van der Waals surface area contributed by atoms with E-state index in [9.17, 15) is 33.9 Å². The fourth-order valence-corrected chi connectivity index (χ4v) is 7.25. The number of hydrogen-bond acceptors (Lipinski definition) is 9. The number of piperazine rings is 1. The fourth-order valence-electron chi connectivity index (χ4n) is 7.25. The van der Waals surface area contributed by atoms with Crippen LogP contribution in [0.25, 0.3) is 10.9 Å². The molecule has 2 aromatic carbocycles. The summed E-state index contributed by atoms with van der Waals surface area (Å²) in [5, 5.41) is 21.0. The maximum atomic E-state index is 15.3. The molecule has 55 heavy (non-hydrogen) atoms. The monoisotopic (exact) mass is 763 g/mol. The van der Waals surface area contributed by atoms with Crippen LogP contribution in [0.1, 0.15) is 68.3 Å². The maximum absolute atomic E-state index is 15.3. The second kappa shape index (κ2) is 18.2. The predicted octanol–water partition coefficient (Wildman–Crippen LogP) is 3.44. The number of carboxylic acids is 1. The van der Waals surface area contributed by atoms with Gasteiger partial charge < -0.3 is 45.5 Å². The highest BCUT2D eigenvalue weighted by Crippen LogP contribution is 2.39. The van der Waals surface area contributed by atoms with Crippen molar-refractivity contribution >= 4 is 52.1 Å². The lowest BCUT2D eigenvalue weighted by Crippen LogP contribution is -2.54. The van der Waals surface area contributed by atoms with Gasteiger partial charge >= 0.3 is 12.1 Å². The highest BCUT2D eigenvalue weighted by molar-refractivity contribution is 6.07. The molecule has 0 radical (unpaired) electrons. The lowest BCUT2D eigenvalue weighted by molar-refractivity contribution is -0.144. The number of fused-ring (bicyclic) bond motifs is 1. The first kappa shape index (κ1) is 40.7. The minimum absolute atomic E-state index is 0.0135. The van der Waals surface area contributed by atoms with Gasteiger partial charge in [-0.15, -0.1) is 0 Å². The summed E-state index contributed by atoms with van der Waals surface area (Å²) in [6.45, 7) is 6.14. The van der Waals surface area contributed by atoms with Crippen LogP contribution in [0.5, 0.6) is 0 Å². The van der Waals surface area contributed by atoms with E-state index in [4.69, 9.17) is 4.74 Å². The van der Waals surface area contributed by atoms with E-state index in [2.05, 4.69) is 21.3 Å². The van der Waals surface area contributed by atoms with Crippen molar-refractivity contribution in [1.29, 1.82) is 0 Å². The number of aromatic nitrogens is 1. The summed E-state index contributed by atoms with van der Waals surface area (Å²) in [7, 11) is 1.81. The predicted molar refractivity (Wildman–Crippen MR) is 205 cm³/mol. The summed E-state index contributed by atoms with van der Waals surface area (Å²) in [6, 6.07) is 8.56. The van der Waals surface area contributed by atoms with Crippen molar-refractivity contribution in [1.82, 2.24) is 25.4 Å². The Morgan fingerprint density at radius 2 is 1.67 bits per heavy atom. The number of nitrogens with one attached hydrogen (secondary N) is 4. The van der Waals surface area contributed by atoms with Crippen LogP contribution in [0.3, 0.4) is 0 Å². The second-order valence-electron chi connectivity index (χ2n) is 13.9. The molecule has 1 unspecified atom stereocenters. The molecule has 1 aliphatic carbocycles. The number of pyridine rings is 1. The van der Waals surface area contributed by atoms with Gasteiger partial charge in [0.1, 0.15) is 29.4 Å². The number of carbonyl (C=O) groups is 5. The molecule has 0 spiro atoms.